The van der Waals surface area contributed by atoms with Gasteiger partial charge < -0.3 is 5.73 Å². The number of anilines is 1. The maximum Gasteiger partial charge on any atom is 0.0717 e. The number of rotatable bonds is 0. The topological polar surface area (TPSA) is 38.9 Å². The number of benzene rings is 1. The van der Waals surface area contributed by atoms with Crippen molar-refractivity contribution in [2.45, 2.75) is 6.92 Å². The molecular formula is C10H9BrN2. The lowest BCUT2D eigenvalue weighted by Gasteiger charge is -2.06. The average molecular weight is 237 g/mol. The normalized spacial score (nSPS) is 10.6. The van der Waals surface area contributed by atoms with Gasteiger partial charge in [0.2, 0.25) is 0 Å². The van der Waals surface area contributed by atoms with Gasteiger partial charge in [-0.3, -0.25) is 4.98 Å². The van der Waals surface area contributed by atoms with Crippen LogP contribution in [-0.2, 0) is 0 Å². The Morgan fingerprint density at radius 1 is 1.46 bits per heavy atom. The van der Waals surface area contributed by atoms with Gasteiger partial charge >= 0.3 is 0 Å². The molecule has 0 spiro atoms. The first-order chi connectivity index (χ1) is 6.20. The van der Waals surface area contributed by atoms with Crippen LogP contribution in [-0.4, -0.2) is 4.98 Å². The van der Waals surface area contributed by atoms with Gasteiger partial charge in [-0.15, -0.1) is 0 Å². The first-order valence-corrected chi connectivity index (χ1v) is 4.79. The summed E-state index contributed by atoms with van der Waals surface area (Å²) in [5.41, 5.74) is 8.72. The minimum atomic E-state index is 0.792. The van der Waals surface area contributed by atoms with Crippen molar-refractivity contribution in [3.05, 3.63) is 34.4 Å². The second-order valence-corrected chi connectivity index (χ2v) is 3.82. The minimum Gasteiger partial charge on any atom is -0.398 e. The number of nitrogen functional groups attached to an aromatic ring is 1. The number of hydrogen-bond acceptors (Lipinski definition) is 2. The van der Waals surface area contributed by atoms with Gasteiger partial charge in [-0.2, -0.15) is 0 Å². The van der Waals surface area contributed by atoms with Crippen molar-refractivity contribution < 1.29 is 0 Å². The first kappa shape index (κ1) is 8.51. The van der Waals surface area contributed by atoms with Crippen molar-refractivity contribution >= 4 is 32.5 Å². The van der Waals surface area contributed by atoms with Gasteiger partial charge in [0.1, 0.15) is 0 Å². The lowest BCUT2D eigenvalue weighted by Crippen LogP contribution is -1.93. The number of fused-ring (bicyclic) bond motifs is 1. The molecule has 2 nitrogen and oxygen atoms in total. The smallest absolute Gasteiger partial charge is 0.0717 e. The molecule has 1 heterocycles. The SMILES string of the molecule is Cc1c(N)c(Br)cc2ncccc12. The highest BCUT2D eigenvalue weighted by molar-refractivity contribution is 9.10. The second kappa shape index (κ2) is 3.00. The molecule has 1 aromatic carbocycles. The zero-order valence-corrected chi connectivity index (χ0v) is 8.80. The Labute approximate surface area is 84.9 Å². The Kier molecular flexibility index (Phi) is 1.96. The first-order valence-electron chi connectivity index (χ1n) is 3.99. The van der Waals surface area contributed by atoms with Crippen molar-refractivity contribution in [2.24, 2.45) is 0 Å². The van der Waals surface area contributed by atoms with Crippen molar-refractivity contribution in [3.63, 3.8) is 0 Å². The lowest BCUT2D eigenvalue weighted by atomic mass is 10.1. The molecule has 1 aromatic heterocycles. The molecule has 0 aliphatic carbocycles. The van der Waals surface area contributed by atoms with Crippen LogP contribution in [0.1, 0.15) is 5.56 Å². The molecule has 0 unspecified atom stereocenters. The van der Waals surface area contributed by atoms with Gasteiger partial charge in [0.25, 0.3) is 0 Å². The van der Waals surface area contributed by atoms with Crippen molar-refractivity contribution in [1.29, 1.82) is 0 Å². The zero-order valence-electron chi connectivity index (χ0n) is 7.21. The Morgan fingerprint density at radius 2 is 2.23 bits per heavy atom. The molecule has 0 bridgehead atoms. The number of aromatic nitrogens is 1. The van der Waals surface area contributed by atoms with E-state index in [9.17, 15) is 0 Å². The van der Waals surface area contributed by atoms with Crippen LogP contribution < -0.4 is 5.73 Å². The molecular weight excluding hydrogens is 228 g/mol. The van der Waals surface area contributed by atoms with E-state index in [0.29, 0.717) is 0 Å². The van der Waals surface area contributed by atoms with E-state index in [1.807, 2.05) is 25.1 Å². The number of hydrogen-bond donors (Lipinski definition) is 1. The maximum atomic E-state index is 5.87. The fourth-order valence-electron chi connectivity index (χ4n) is 1.37. The molecule has 66 valence electrons. The van der Waals surface area contributed by atoms with E-state index >= 15 is 0 Å². The molecule has 0 saturated carbocycles. The Hall–Kier alpha value is -1.09. The third-order valence-corrected chi connectivity index (χ3v) is 2.82. The third kappa shape index (κ3) is 1.29. The van der Waals surface area contributed by atoms with Crippen LogP contribution in [0, 0.1) is 6.92 Å². The van der Waals surface area contributed by atoms with Crippen LogP contribution in [0.4, 0.5) is 5.69 Å². The standard InChI is InChI=1S/C10H9BrN2/c1-6-7-3-2-4-13-9(7)5-8(11)10(6)12/h2-5H,12H2,1H3. The van der Waals surface area contributed by atoms with Gasteiger partial charge in [-0.1, -0.05) is 6.07 Å². The van der Waals surface area contributed by atoms with E-state index in [1.165, 1.54) is 0 Å². The number of nitrogens with zero attached hydrogens (tertiary/aromatic N) is 1. The molecule has 0 radical (unpaired) electrons. The number of aryl methyl sites for hydroxylation is 1. The van der Waals surface area contributed by atoms with Crippen LogP contribution in [0.25, 0.3) is 10.9 Å². The molecule has 2 N–H and O–H groups in total. The maximum absolute atomic E-state index is 5.87. The quantitative estimate of drug-likeness (QED) is 0.715. The molecule has 0 atom stereocenters. The Morgan fingerprint density at radius 3 is 3.00 bits per heavy atom. The summed E-state index contributed by atoms with van der Waals surface area (Å²) in [5.74, 6) is 0. The van der Waals surface area contributed by atoms with E-state index in [2.05, 4.69) is 20.9 Å². The highest BCUT2D eigenvalue weighted by Crippen LogP contribution is 2.29. The highest BCUT2D eigenvalue weighted by Gasteiger charge is 2.04. The summed E-state index contributed by atoms with van der Waals surface area (Å²) < 4.78 is 0.913. The fourth-order valence-corrected chi connectivity index (χ4v) is 1.89. The summed E-state index contributed by atoms with van der Waals surface area (Å²) in [6.07, 6.45) is 1.78. The molecule has 0 fully saturated rings. The summed E-state index contributed by atoms with van der Waals surface area (Å²) in [6.45, 7) is 2.00. The molecule has 2 aromatic rings. The molecule has 3 heteroatoms. The van der Waals surface area contributed by atoms with Crippen LogP contribution >= 0.6 is 15.9 Å². The summed E-state index contributed by atoms with van der Waals surface area (Å²) in [5, 5.41) is 1.11. The summed E-state index contributed by atoms with van der Waals surface area (Å²) in [6, 6.07) is 5.89. The molecule has 0 aliphatic rings. The summed E-state index contributed by atoms with van der Waals surface area (Å²) >= 11 is 3.40. The molecule has 0 amide bonds. The third-order valence-electron chi connectivity index (χ3n) is 2.17. The van der Waals surface area contributed by atoms with E-state index in [0.717, 1.165) is 26.6 Å². The fraction of sp³-hybridized carbons (Fsp3) is 0.100. The van der Waals surface area contributed by atoms with E-state index in [1.54, 1.807) is 6.20 Å². The van der Waals surface area contributed by atoms with Gasteiger partial charge in [0, 0.05) is 21.7 Å². The van der Waals surface area contributed by atoms with E-state index < -0.39 is 0 Å². The Balaban J connectivity index is 2.94. The van der Waals surface area contributed by atoms with Crippen molar-refractivity contribution in [2.75, 3.05) is 5.73 Å². The Bertz CT molecular complexity index is 466. The van der Waals surface area contributed by atoms with Gasteiger partial charge in [-0.25, -0.2) is 0 Å². The second-order valence-electron chi connectivity index (χ2n) is 2.97. The predicted molar refractivity (Wildman–Crippen MR) is 58.6 cm³/mol. The van der Waals surface area contributed by atoms with Gasteiger partial charge in [-0.05, 0) is 40.5 Å². The molecule has 13 heavy (non-hydrogen) atoms. The molecule has 2 rings (SSSR count). The van der Waals surface area contributed by atoms with Crippen LogP contribution in [0.5, 0.6) is 0 Å². The average Bonchev–Trinajstić information content (AvgIpc) is 2.15. The van der Waals surface area contributed by atoms with Gasteiger partial charge in [0.15, 0.2) is 0 Å². The highest BCUT2D eigenvalue weighted by atomic mass is 79.9. The van der Waals surface area contributed by atoms with Crippen LogP contribution in [0.15, 0.2) is 28.9 Å². The van der Waals surface area contributed by atoms with Crippen molar-refractivity contribution in [1.82, 2.24) is 4.98 Å². The minimum absolute atomic E-state index is 0.792. The monoisotopic (exact) mass is 236 g/mol. The lowest BCUT2D eigenvalue weighted by molar-refractivity contribution is 1.38. The number of halogens is 1. The van der Waals surface area contributed by atoms with Gasteiger partial charge in [0.05, 0.1) is 5.52 Å². The van der Waals surface area contributed by atoms with Crippen LogP contribution in [0.3, 0.4) is 0 Å². The summed E-state index contributed by atoms with van der Waals surface area (Å²) in [7, 11) is 0. The molecule has 0 aliphatic heterocycles. The molecule has 0 saturated heterocycles. The predicted octanol–water partition coefficient (Wildman–Crippen LogP) is 2.89. The van der Waals surface area contributed by atoms with E-state index in [4.69, 9.17) is 5.73 Å². The number of nitrogens with two attached hydrogens (primary N) is 1. The zero-order chi connectivity index (χ0) is 9.42. The van der Waals surface area contributed by atoms with Crippen molar-refractivity contribution in [3.8, 4) is 0 Å². The number of pyridine rings is 1. The summed E-state index contributed by atoms with van der Waals surface area (Å²) in [4.78, 5) is 4.26. The van der Waals surface area contributed by atoms with Crippen LogP contribution in [0.2, 0.25) is 0 Å². The largest absolute Gasteiger partial charge is 0.398 e. The van der Waals surface area contributed by atoms with E-state index in [-0.39, 0.29) is 0 Å².